The molecular formula is C15H22. The molecule has 0 nitrogen and oxygen atoms in total. The molecule has 0 aliphatic carbocycles. The van der Waals surface area contributed by atoms with Gasteiger partial charge in [-0.25, -0.2) is 0 Å². The summed E-state index contributed by atoms with van der Waals surface area (Å²) in [5, 5.41) is 0. The van der Waals surface area contributed by atoms with Crippen LogP contribution in [0.2, 0.25) is 0 Å². The highest BCUT2D eigenvalue weighted by atomic mass is 14.1. The highest BCUT2D eigenvalue weighted by Crippen LogP contribution is 2.25. The van der Waals surface area contributed by atoms with E-state index in [1.54, 1.807) is 0 Å². The summed E-state index contributed by atoms with van der Waals surface area (Å²) in [4.78, 5) is 0. The molecule has 0 amide bonds. The summed E-state index contributed by atoms with van der Waals surface area (Å²) >= 11 is 0. The predicted molar refractivity (Wildman–Crippen MR) is 68.4 cm³/mol. The van der Waals surface area contributed by atoms with Gasteiger partial charge in [0.05, 0.1) is 0 Å². The molecule has 15 heavy (non-hydrogen) atoms. The molecule has 0 heteroatoms. The number of aryl methyl sites for hydroxylation is 2. The Labute approximate surface area is 94.0 Å². The first-order valence-corrected chi connectivity index (χ1v) is 5.87. The molecule has 0 bridgehead atoms. The minimum Gasteiger partial charge on any atom is -0.0916 e. The molecule has 0 spiro atoms. The third kappa shape index (κ3) is 3.23. The van der Waals surface area contributed by atoms with Crippen molar-refractivity contribution in [3.8, 4) is 0 Å². The van der Waals surface area contributed by atoms with Gasteiger partial charge in [0.15, 0.2) is 0 Å². The molecule has 0 aliphatic heterocycles. The smallest absolute Gasteiger partial charge is 0.0130 e. The lowest BCUT2D eigenvalue weighted by Gasteiger charge is -2.14. The van der Waals surface area contributed by atoms with Crippen LogP contribution < -0.4 is 0 Å². The van der Waals surface area contributed by atoms with Crippen molar-refractivity contribution in [1.82, 2.24) is 0 Å². The van der Waals surface area contributed by atoms with E-state index < -0.39 is 0 Å². The molecule has 82 valence electrons. The summed E-state index contributed by atoms with van der Waals surface area (Å²) in [6.45, 7) is 8.73. The summed E-state index contributed by atoms with van der Waals surface area (Å²) in [5.41, 5.74) is 4.28. The van der Waals surface area contributed by atoms with Crippen LogP contribution in [0.1, 0.15) is 49.3 Å². The molecule has 1 unspecified atom stereocenters. The topological polar surface area (TPSA) is 0 Å². The fourth-order valence-corrected chi connectivity index (χ4v) is 1.86. The van der Waals surface area contributed by atoms with Gasteiger partial charge in [-0.3, -0.25) is 0 Å². The Hall–Kier alpha value is -1.04. The summed E-state index contributed by atoms with van der Waals surface area (Å²) in [6, 6.07) is 6.86. The minimum absolute atomic E-state index is 0.681. The fourth-order valence-electron chi connectivity index (χ4n) is 1.86. The van der Waals surface area contributed by atoms with Gasteiger partial charge in [0.2, 0.25) is 0 Å². The zero-order valence-corrected chi connectivity index (χ0v) is 10.4. The lowest BCUT2D eigenvalue weighted by atomic mass is 9.91. The van der Waals surface area contributed by atoms with E-state index in [1.165, 1.54) is 23.1 Å². The zero-order chi connectivity index (χ0) is 11.3. The Bertz CT molecular complexity index is 334. The first-order chi connectivity index (χ1) is 7.19. The van der Waals surface area contributed by atoms with E-state index in [1.807, 2.05) is 0 Å². The third-order valence-corrected chi connectivity index (χ3v) is 3.15. The molecule has 0 saturated carbocycles. The molecule has 0 heterocycles. The standard InChI is InChI=1S/C15H22/c1-5-7-8-14(6-2)15-10-9-12(3)13(4)11-15/h5,7,9-11,14H,6,8H2,1-4H3/b7-5-. The van der Waals surface area contributed by atoms with Crippen LogP contribution in [0, 0.1) is 13.8 Å². The number of allylic oxidation sites excluding steroid dienone is 2. The second kappa shape index (κ2) is 5.75. The van der Waals surface area contributed by atoms with Crippen molar-refractivity contribution in [3.05, 3.63) is 47.0 Å². The van der Waals surface area contributed by atoms with Crippen molar-refractivity contribution in [1.29, 1.82) is 0 Å². The van der Waals surface area contributed by atoms with Crippen LogP contribution in [-0.4, -0.2) is 0 Å². The third-order valence-electron chi connectivity index (χ3n) is 3.15. The molecule has 0 saturated heterocycles. The Morgan fingerprint density at radius 3 is 2.47 bits per heavy atom. The highest BCUT2D eigenvalue weighted by molar-refractivity contribution is 5.32. The van der Waals surface area contributed by atoms with E-state index in [0.29, 0.717) is 5.92 Å². The Morgan fingerprint density at radius 1 is 1.20 bits per heavy atom. The normalized spacial score (nSPS) is 13.3. The van der Waals surface area contributed by atoms with E-state index in [9.17, 15) is 0 Å². The average molecular weight is 202 g/mol. The van der Waals surface area contributed by atoms with Gasteiger partial charge in [-0.2, -0.15) is 0 Å². The summed E-state index contributed by atoms with van der Waals surface area (Å²) in [5.74, 6) is 0.681. The summed E-state index contributed by atoms with van der Waals surface area (Å²) in [7, 11) is 0. The minimum atomic E-state index is 0.681. The molecule has 0 aliphatic rings. The quantitative estimate of drug-likeness (QED) is 0.617. The van der Waals surface area contributed by atoms with Crippen LogP contribution in [-0.2, 0) is 0 Å². The monoisotopic (exact) mass is 202 g/mol. The predicted octanol–water partition coefficient (Wildman–Crippen LogP) is 4.76. The second-order valence-corrected chi connectivity index (χ2v) is 4.25. The van der Waals surface area contributed by atoms with Crippen LogP contribution in [0.5, 0.6) is 0 Å². The largest absolute Gasteiger partial charge is 0.0916 e. The molecule has 0 fully saturated rings. The van der Waals surface area contributed by atoms with E-state index in [2.05, 4.69) is 58.0 Å². The maximum atomic E-state index is 2.34. The van der Waals surface area contributed by atoms with Crippen molar-refractivity contribution in [2.45, 2.75) is 46.5 Å². The summed E-state index contributed by atoms with van der Waals surface area (Å²) < 4.78 is 0. The second-order valence-electron chi connectivity index (χ2n) is 4.25. The summed E-state index contributed by atoms with van der Waals surface area (Å²) in [6.07, 6.45) is 6.79. The molecular weight excluding hydrogens is 180 g/mol. The van der Waals surface area contributed by atoms with Gasteiger partial charge in [-0.15, -0.1) is 0 Å². The molecule has 0 aromatic heterocycles. The van der Waals surface area contributed by atoms with Gasteiger partial charge < -0.3 is 0 Å². The van der Waals surface area contributed by atoms with Gasteiger partial charge in [-0.1, -0.05) is 37.3 Å². The highest BCUT2D eigenvalue weighted by Gasteiger charge is 2.07. The van der Waals surface area contributed by atoms with E-state index in [4.69, 9.17) is 0 Å². The van der Waals surface area contributed by atoms with Gasteiger partial charge >= 0.3 is 0 Å². The number of hydrogen-bond acceptors (Lipinski definition) is 0. The van der Waals surface area contributed by atoms with Crippen molar-refractivity contribution in [2.75, 3.05) is 0 Å². The maximum Gasteiger partial charge on any atom is -0.0130 e. The van der Waals surface area contributed by atoms with Crippen molar-refractivity contribution >= 4 is 0 Å². The molecule has 1 aromatic carbocycles. The van der Waals surface area contributed by atoms with Crippen molar-refractivity contribution < 1.29 is 0 Å². The van der Waals surface area contributed by atoms with Gasteiger partial charge in [0.25, 0.3) is 0 Å². The van der Waals surface area contributed by atoms with Crippen LogP contribution in [0.25, 0.3) is 0 Å². The van der Waals surface area contributed by atoms with Crippen molar-refractivity contribution in [3.63, 3.8) is 0 Å². The van der Waals surface area contributed by atoms with Crippen LogP contribution in [0.15, 0.2) is 30.4 Å². The first-order valence-electron chi connectivity index (χ1n) is 5.87. The van der Waals surface area contributed by atoms with E-state index in [0.717, 1.165) is 6.42 Å². The van der Waals surface area contributed by atoms with Crippen LogP contribution >= 0.6 is 0 Å². The molecule has 0 radical (unpaired) electrons. The maximum absolute atomic E-state index is 2.34. The number of rotatable bonds is 4. The van der Waals surface area contributed by atoms with E-state index >= 15 is 0 Å². The van der Waals surface area contributed by atoms with Gasteiger partial charge in [0, 0.05) is 0 Å². The number of hydrogen-bond donors (Lipinski definition) is 0. The van der Waals surface area contributed by atoms with E-state index in [-0.39, 0.29) is 0 Å². The number of benzene rings is 1. The van der Waals surface area contributed by atoms with Crippen LogP contribution in [0.3, 0.4) is 0 Å². The Kier molecular flexibility index (Phi) is 4.61. The first kappa shape index (κ1) is 12.0. The SMILES string of the molecule is C/C=C\CC(CC)c1ccc(C)c(C)c1. The van der Waals surface area contributed by atoms with Gasteiger partial charge in [0.1, 0.15) is 0 Å². The zero-order valence-electron chi connectivity index (χ0n) is 10.4. The van der Waals surface area contributed by atoms with Crippen LogP contribution in [0.4, 0.5) is 0 Å². The lowest BCUT2D eigenvalue weighted by Crippen LogP contribution is -1.97. The van der Waals surface area contributed by atoms with Crippen molar-refractivity contribution in [2.24, 2.45) is 0 Å². The molecule has 0 N–H and O–H groups in total. The Balaban J connectivity index is 2.87. The average Bonchev–Trinajstić information content (AvgIpc) is 2.24. The molecule has 1 aromatic rings. The molecule has 1 rings (SSSR count). The van der Waals surface area contributed by atoms with Gasteiger partial charge in [-0.05, 0) is 56.2 Å². The Morgan fingerprint density at radius 2 is 1.93 bits per heavy atom. The molecule has 1 atom stereocenters. The lowest BCUT2D eigenvalue weighted by molar-refractivity contribution is 0.673. The fraction of sp³-hybridized carbons (Fsp3) is 0.467.